The molecule has 9 rings (SSSR count). The lowest BCUT2D eigenvalue weighted by molar-refractivity contribution is 1.16. The van der Waals surface area contributed by atoms with Crippen LogP contribution in [0.4, 0.5) is 17.2 Å². The Labute approximate surface area is 243 Å². The van der Waals surface area contributed by atoms with Gasteiger partial charge in [0, 0.05) is 33.6 Å². The molecule has 0 fully saturated rings. The normalized spacial score (nSPS) is 12.2. The lowest BCUT2D eigenvalue weighted by Gasteiger charge is -2.33. The standard InChI is InChI=1S/C39H25N3/c1-3-11-26(12-4-1)28-21-22-40-38(23-28)42-35-20-10-14-27-13-9-18-31(39(27)35)33-24-32-30-17-7-8-19-34(30)41(36(32)25-37(33)42)29-15-5-2-6-16-29/h1-25H. The van der Waals surface area contributed by atoms with E-state index >= 15 is 0 Å². The summed E-state index contributed by atoms with van der Waals surface area (Å²) in [6.07, 6.45) is 1.93. The average molecular weight is 536 g/mol. The van der Waals surface area contributed by atoms with E-state index in [-0.39, 0.29) is 0 Å². The van der Waals surface area contributed by atoms with E-state index in [1.807, 2.05) is 6.20 Å². The molecule has 2 aromatic heterocycles. The van der Waals surface area contributed by atoms with Crippen LogP contribution in [0.15, 0.2) is 152 Å². The Kier molecular flexibility index (Phi) is 4.90. The zero-order chi connectivity index (χ0) is 27.6. The molecule has 196 valence electrons. The van der Waals surface area contributed by atoms with Crippen LogP contribution in [0, 0.1) is 0 Å². The second kappa shape index (κ2) is 8.92. The molecule has 0 N–H and O–H groups in total. The summed E-state index contributed by atoms with van der Waals surface area (Å²) >= 11 is 0. The molecular formula is C39H25N3. The zero-order valence-corrected chi connectivity index (χ0v) is 22.8. The summed E-state index contributed by atoms with van der Waals surface area (Å²) in [7, 11) is 0. The van der Waals surface area contributed by atoms with E-state index in [4.69, 9.17) is 4.98 Å². The minimum absolute atomic E-state index is 0.904. The fourth-order valence-corrected chi connectivity index (χ4v) is 6.72. The van der Waals surface area contributed by atoms with Crippen LogP contribution in [0.2, 0.25) is 0 Å². The molecule has 3 nitrogen and oxygen atoms in total. The Morgan fingerprint density at radius 1 is 0.476 bits per heavy atom. The fourth-order valence-electron chi connectivity index (χ4n) is 6.72. The van der Waals surface area contributed by atoms with Crippen LogP contribution >= 0.6 is 0 Å². The molecule has 3 heterocycles. The molecule has 1 aliphatic rings. The fraction of sp³-hybridized carbons (Fsp3) is 0. The summed E-state index contributed by atoms with van der Waals surface area (Å²) in [5, 5.41) is 4.98. The molecule has 0 amide bonds. The van der Waals surface area contributed by atoms with Crippen molar-refractivity contribution in [3.63, 3.8) is 0 Å². The van der Waals surface area contributed by atoms with Gasteiger partial charge in [-0.05, 0) is 70.6 Å². The first-order chi connectivity index (χ1) is 20.8. The van der Waals surface area contributed by atoms with Crippen molar-refractivity contribution in [3.8, 4) is 27.9 Å². The van der Waals surface area contributed by atoms with Crippen molar-refractivity contribution >= 4 is 49.8 Å². The molecule has 0 atom stereocenters. The number of rotatable bonds is 3. The third-order valence-corrected chi connectivity index (χ3v) is 8.54. The van der Waals surface area contributed by atoms with Crippen molar-refractivity contribution < 1.29 is 0 Å². The third-order valence-electron chi connectivity index (χ3n) is 8.54. The molecular weight excluding hydrogens is 510 g/mol. The zero-order valence-electron chi connectivity index (χ0n) is 22.8. The van der Waals surface area contributed by atoms with Gasteiger partial charge in [0.2, 0.25) is 0 Å². The van der Waals surface area contributed by atoms with E-state index in [0.29, 0.717) is 0 Å². The van der Waals surface area contributed by atoms with Crippen LogP contribution in [0.5, 0.6) is 0 Å². The molecule has 0 bridgehead atoms. The highest BCUT2D eigenvalue weighted by Crippen LogP contribution is 2.52. The first-order valence-corrected chi connectivity index (χ1v) is 14.3. The second-order valence-corrected chi connectivity index (χ2v) is 10.9. The molecule has 0 unspecified atom stereocenters. The largest absolute Gasteiger partial charge is 0.309 e. The quantitative estimate of drug-likeness (QED) is 0.224. The minimum atomic E-state index is 0.904. The maximum Gasteiger partial charge on any atom is 0.138 e. The lowest BCUT2D eigenvalue weighted by Crippen LogP contribution is -2.16. The van der Waals surface area contributed by atoms with Crippen molar-refractivity contribution in [2.75, 3.05) is 4.90 Å². The monoisotopic (exact) mass is 535 g/mol. The van der Waals surface area contributed by atoms with Crippen LogP contribution in [0.25, 0.3) is 60.5 Å². The van der Waals surface area contributed by atoms with Gasteiger partial charge in [-0.2, -0.15) is 0 Å². The minimum Gasteiger partial charge on any atom is -0.309 e. The highest BCUT2D eigenvalue weighted by atomic mass is 15.2. The maximum atomic E-state index is 4.97. The molecule has 42 heavy (non-hydrogen) atoms. The Morgan fingerprint density at radius 3 is 2.10 bits per heavy atom. The number of hydrogen-bond acceptors (Lipinski definition) is 2. The smallest absolute Gasteiger partial charge is 0.138 e. The van der Waals surface area contributed by atoms with Crippen molar-refractivity contribution in [1.29, 1.82) is 0 Å². The summed E-state index contributed by atoms with van der Waals surface area (Å²) in [6, 6.07) is 52.2. The van der Waals surface area contributed by atoms with Crippen molar-refractivity contribution in [3.05, 3.63) is 152 Å². The van der Waals surface area contributed by atoms with Gasteiger partial charge < -0.3 is 4.57 Å². The number of pyridine rings is 1. The van der Waals surface area contributed by atoms with Gasteiger partial charge in [0.05, 0.1) is 22.4 Å². The Morgan fingerprint density at radius 2 is 1.24 bits per heavy atom. The summed E-state index contributed by atoms with van der Waals surface area (Å²) in [6.45, 7) is 0. The van der Waals surface area contributed by atoms with E-state index in [0.717, 1.165) is 28.4 Å². The second-order valence-electron chi connectivity index (χ2n) is 10.9. The van der Waals surface area contributed by atoms with E-state index in [9.17, 15) is 0 Å². The average Bonchev–Trinajstić information content (AvgIpc) is 3.38. The van der Waals surface area contributed by atoms with Gasteiger partial charge in [-0.1, -0.05) is 97.1 Å². The Balaban J connectivity index is 1.40. The first kappa shape index (κ1) is 23.1. The number of fused-ring (bicyclic) bond motifs is 5. The van der Waals surface area contributed by atoms with E-state index in [2.05, 4.69) is 155 Å². The van der Waals surface area contributed by atoms with Gasteiger partial charge in [0.15, 0.2) is 0 Å². The lowest BCUT2D eigenvalue weighted by atomic mass is 9.90. The number of hydrogen-bond donors (Lipinski definition) is 0. The third kappa shape index (κ3) is 3.31. The highest BCUT2D eigenvalue weighted by Gasteiger charge is 2.28. The molecule has 0 spiro atoms. The number of anilines is 3. The first-order valence-electron chi connectivity index (χ1n) is 14.3. The topological polar surface area (TPSA) is 21.1 Å². The molecule has 6 aromatic carbocycles. The molecule has 1 aliphatic heterocycles. The Hall–Kier alpha value is -5.67. The Bertz CT molecular complexity index is 2290. The van der Waals surface area contributed by atoms with Gasteiger partial charge in [-0.25, -0.2) is 4.98 Å². The van der Waals surface area contributed by atoms with Crippen LogP contribution < -0.4 is 4.90 Å². The van der Waals surface area contributed by atoms with Gasteiger partial charge >= 0.3 is 0 Å². The van der Waals surface area contributed by atoms with Crippen LogP contribution in [0.3, 0.4) is 0 Å². The number of aromatic nitrogens is 2. The number of nitrogens with zero attached hydrogens (tertiary/aromatic N) is 3. The summed E-state index contributed by atoms with van der Waals surface area (Å²) in [5.74, 6) is 0.904. The molecule has 0 saturated heterocycles. The van der Waals surface area contributed by atoms with Crippen molar-refractivity contribution in [1.82, 2.24) is 9.55 Å². The van der Waals surface area contributed by atoms with E-state index in [1.54, 1.807) is 0 Å². The number of para-hydroxylation sites is 2. The van der Waals surface area contributed by atoms with Crippen LogP contribution in [0.1, 0.15) is 0 Å². The summed E-state index contributed by atoms with van der Waals surface area (Å²) < 4.78 is 2.39. The van der Waals surface area contributed by atoms with Gasteiger partial charge in [-0.3, -0.25) is 4.90 Å². The van der Waals surface area contributed by atoms with Crippen molar-refractivity contribution in [2.45, 2.75) is 0 Å². The summed E-state index contributed by atoms with van der Waals surface area (Å²) in [5.41, 5.74) is 10.6. The van der Waals surface area contributed by atoms with Gasteiger partial charge in [-0.15, -0.1) is 0 Å². The van der Waals surface area contributed by atoms with Crippen LogP contribution in [-0.2, 0) is 0 Å². The van der Waals surface area contributed by atoms with Gasteiger partial charge in [0.1, 0.15) is 5.82 Å². The molecule has 0 aliphatic carbocycles. The molecule has 8 aromatic rings. The molecule has 3 heteroatoms. The molecule has 0 saturated carbocycles. The predicted octanol–water partition coefficient (Wildman–Crippen LogP) is 10.4. The van der Waals surface area contributed by atoms with Crippen LogP contribution in [-0.4, -0.2) is 9.55 Å². The van der Waals surface area contributed by atoms with E-state index < -0.39 is 0 Å². The maximum absolute atomic E-state index is 4.97. The van der Waals surface area contributed by atoms with Gasteiger partial charge in [0.25, 0.3) is 0 Å². The SMILES string of the molecule is c1ccc(-c2ccnc(N3c4cc5c(cc4-c4cccc6cccc3c46)c3ccccc3n5-c3ccccc3)c2)cc1. The highest BCUT2D eigenvalue weighted by molar-refractivity contribution is 6.18. The number of benzene rings is 6. The predicted molar refractivity (Wildman–Crippen MR) is 175 cm³/mol. The van der Waals surface area contributed by atoms with Crippen molar-refractivity contribution in [2.24, 2.45) is 0 Å². The molecule has 0 radical (unpaired) electrons. The van der Waals surface area contributed by atoms with E-state index in [1.165, 1.54) is 49.3 Å². The summed E-state index contributed by atoms with van der Waals surface area (Å²) in [4.78, 5) is 7.32.